The summed E-state index contributed by atoms with van der Waals surface area (Å²) in [5, 5.41) is 300. The van der Waals surface area contributed by atoms with Crippen LogP contribution in [0.15, 0.2) is 0 Å². The van der Waals surface area contributed by atoms with Crippen molar-refractivity contribution in [3.05, 3.63) is 0 Å². The highest BCUT2D eigenvalue weighted by atomic mass is 16.4. The maximum absolute atomic E-state index is 12.7. The highest BCUT2D eigenvalue weighted by Gasteiger charge is 2.41. The van der Waals surface area contributed by atoms with Crippen molar-refractivity contribution in [3.8, 4) is 194 Å². The first kappa shape index (κ1) is 45.8. The van der Waals surface area contributed by atoms with Gasteiger partial charge in [-0.25, -0.2) is 0 Å². The Morgan fingerprint density at radius 2 is 0.208 bits per heavy atom. The van der Waals surface area contributed by atoms with Crippen LogP contribution in [-0.4, -0.2) is 143 Å². The standard InChI is InChI=1S/C44H28O28/c45-17-3-1(9-18(46)13-15(28(56)25(9)53)34(62)43(71)41(69)32(13)60)5-6(22(50)38(66)37(65)21(5)49)2(10-19(47)14-16(29(57)26(10)54)35(63)44(72)42(70)33(14)61)4(3)20(48)27(55)11(17)7-8-12(30(58)36(64)23(7)51)31(59)40(68)39(67)24(8)52/h45-72H. The summed E-state index contributed by atoms with van der Waals surface area (Å²) in [7, 11) is 0. The fourth-order valence-corrected chi connectivity index (χ4v) is 8.99. The van der Waals surface area contributed by atoms with Crippen molar-refractivity contribution in [2.24, 2.45) is 0 Å². The lowest BCUT2D eigenvalue weighted by atomic mass is 9.80. The molecule has 9 rings (SSSR count). The van der Waals surface area contributed by atoms with E-state index in [9.17, 15) is 143 Å². The topological polar surface area (TPSA) is 566 Å². The van der Waals surface area contributed by atoms with Crippen LogP contribution < -0.4 is 0 Å². The van der Waals surface area contributed by atoms with E-state index in [1.165, 1.54) is 0 Å². The van der Waals surface area contributed by atoms with Crippen LogP contribution in [0.4, 0.5) is 0 Å². The summed E-state index contributed by atoms with van der Waals surface area (Å²) >= 11 is 0. The minimum Gasteiger partial charge on any atom is -0.506 e. The molecule has 0 saturated carbocycles. The van der Waals surface area contributed by atoms with Crippen LogP contribution in [-0.2, 0) is 0 Å². The van der Waals surface area contributed by atoms with Gasteiger partial charge in [-0.2, -0.15) is 0 Å². The molecule has 0 unspecified atom stereocenters. The molecule has 0 atom stereocenters. The second kappa shape index (κ2) is 14.1. The lowest BCUT2D eigenvalue weighted by molar-refractivity contribution is 0.347. The molecular weight excluding hydrogens is 976 g/mol. The molecule has 0 spiro atoms. The Labute approximate surface area is 390 Å². The average molecular weight is 1000 g/mol. The summed E-state index contributed by atoms with van der Waals surface area (Å²) in [6.07, 6.45) is 0. The summed E-state index contributed by atoms with van der Waals surface area (Å²) in [5.74, 6) is -48.9. The molecule has 0 radical (unpaired) electrons. The molecule has 0 amide bonds. The number of phenols is 28. The predicted molar refractivity (Wildman–Crippen MR) is 237 cm³/mol. The highest BCUT2D eigenvalue weighted by Crippen LogP contribution is 2.70. The molecule has 28 N–H and O–H groups in total. The van der Waals surface area contributed by atoms with Gasteiger partial charge < -0.3 is 143 Å². The summed E-state index contributed by atoms with van der Waals surface area (Å²) < 4.78 is 0. The van der Waals surface area contributed by atoms with Crippen LogP contribution in [0.5, 0.6) is 161 Å². The fourth-order valence-electron chi connectivity index (χ4n) is 8.99. The molecule has 0 aliphatic heterocycles. The van der Waals surface area contributed by atoms with Crippen LogP contribution in [0.1, 0.15) is 0 Å². The van der Waals surface area contributed by atoms with Crippen LogP contribution in [0.2, 0.25) is 0 Å². The van der Waals surface area contributed by atoms with Gasteiger partial charge in [-0.1, -0.05) is 0 Å². The van der Waals surface area contributed by atoms with Gasteiger partial charge in [0.05, 0.1) is 43.6 Å². The Kier molecular flexibility index (Phi) is 8.98. The summed E-state index contributed by atoms with van der Waals surface area (Å²) in [5.41, 5.74) is -9.52. The van der Waals surface area contributed by atoms with Crippen molar-refractivity contribution in [1.29, 1.82) is 0 Å². The molecule has 28 heteroatoms. The van der Waals surface area contributed by atoms with Crippen LogP contribution >= 0.6 is 0 Å². The third-order valence-corrected chi connectivity index (χ3v) is 12.3. The monoisotopic (exact) mass is 1000 g/mol. The Morgan fingerprint density at radius 3 is 0.486 bits per heavy atom. The molecule has 0 saturated heterocycles. The highest BCUT2D eigenvalue weighted by molar-refractivity contribution is 6.33. The maximum Gasteiger partial charge on any atom is 0.205 e. The second-order valence-corrected chi connectivity index (χ2v) is 15.8. The molecule has 372 valence electrons. The van der Waals surface area contributed by atoms with Gasteiger partial charge >= 0.3 is 0 Å². The van der Waals surface area contributed by atoms with E-state index >= 15 is 0 Å². The third kappa shape index (κ3) is 5.05. The number of phenolic OH excluding ortho intramolecular Hbond substituents is 28. The smallest absolute Gasteiger partial charge is 0.205 e. The third-order valence-electron chi connectivity index (χ3n) is 12.3. The molecule has 0 fully saturated rings. The molecule has 0 aliphatic rings. The van der Waals surface area contributed by atoms with E-state index in [4.69, 9.17) is 0 Å². The molecule has 0 heterocycles. The van der Waals surface area contributed by atoms with Gasteiger partial charge in [0.15, 0.2) is 92.0 Å². The van der Waals surface area contributed by atoms with Gasteiger partial charge in [-0.3, -0.25) is 0 Å². The number of hydrogen-bond acceptors (Lipinski definition) is 28. The van der Waals surface area contributed by atoms with E-state index in [1.807, 2.05) is 0 Å². The average Bonchev–Trinajstić information content (AvgIpc) is 3.34. The molecule has 0 aromatic heterocycles. The van der Waals surface area contributed by atoms with Crippen LogP contribution in [0, 0.1) is 0 Å². The van der Waals surface area contributed by atoms with Gasteiger partial charge in [0, 0.05) is 43.6 Å². The fraction of sp³-hybridized carbons (Fsp3) is 0. The molecule has 0 aliphatic carbocycles. The van der Waals surface area contributed by atoms with Gasteiger partial charge in [0.25, 0.3) is 0 Å². The quantitative estimate of drug-likeness (QED) is 0.0669. The van der Waals surface area contributed by atoms with E-state index in [-0.39, 0.29) is 0 Å². The predicted octanol–water partition coefficient (Wildman–Crippen LogP) is 4.21. The van der Waals surface area contributed by atoms with Crippen LogP contribution in [0.25, 0.3) is 87.2 Å². The summed E-state index contributed by atoms with van der Waals surface area (Å²) in [4.78, 5) is 0. The van der Waals surface area contributed by atoms with Gasteiger partial charge in [-0.15, -0.1) is 0 Å². The number of benzene rings is 9. The zero-order valence-electron chi connectivity index (χ0n) is 34.5. The number of hydrogen-bond donors (Lipinski definition) is 28. The Hall–Kier alpha value is -11.3. The molecule has 9 aromatic carbocycles. The lowest BCUT2D eigenvalue weighted by Gasteiger charge is -2.26. The molecular formula is C44H28O28. The van der Waals surface area contributed by atoms with E-state index in [0.717, 1.165) is 0 Å². The van der Waals surface area contributed by atoms with Gasteiger partial charge in [0.2, 0.25) is 51.7 Å². The Balaban J connectivity index is 1.72. The van der Waals surface area contributed by atoms with Gasteiger partial charge in [0.1, 0.15) is 17.2 Å². The summed E-state index contributed by atoms with van der Waals surface area (Å²) in [6.45, 7) is 0. The zero-order valence-corrected chi connectivity index (χ0v) is 34.5. The molecule has 72 heavy (non-hydrogen) atoms. The zero-order chi connectivity index (χ0) is 53.4. The Morgan fingerprint density at radius 1 is 0.0833 bits per heavy atom. The first-order valence-corrected chi connectivity index (χ1v) is 19.3. The second-order valence-electron chi connectivity index (χ2n) is 15.8. The minimum atomic E-state index is -1.96. The maximum atomic E-state index is 12.7. The van der Waals surface area contributed by atoms with Crippen molar-refractivity contribution in [3.63, 3.8) is 0 Å². The van der Waals surface area contributed by atoms with Crippen molar-refractivity contribution in [2.45, 2.75) is 0 Å². The van der Waals surface area contributed by atoms with E-state index in [1.54, 1.807) is 0 Å². The van der Waals surface area contributed by atoms with Crippen molar-refractivity contribution in [2.75, 3.05) is 0 Å². The van der Waals surface area contributed by atoms with Crippen molar-refractivity contribution < 1.29 is 143 Å². The van der Waals surface area contributed by atoms with Crippen molar-refractivity contribution in [1.82, 2.24) is 0 Å². The minimum absolute atomic E-state index is 1.30. The lowest BCUT2D eigenvalue weighted by Crippen LogP contribution is -1.98. The van der Waals surface area contributed by atoms with Crippen molar-refractivity contribution >= 4 is 53.9 Å². The largest absolute Gasteiger partial charge is 0.506 e. The van der Waals surface area contributed by atoms with E-state index in [0.29, 0.717) is 0 Å². The normalized spacial score (nSPS) is 11.8. The Bertz CT molecular complexity index is 4110. The SMILES string of the molecule is Oc1c(O)c(O)c2c(O)c(-c3c4c(O)c(O)c(O)c(O)c4c(-c4c(O)c(O)c5c(O)c(O)c(O)c(O)c5c4O)c4c(O)c(-c5c(O)c(O)c(O)c6c(O)c(O)c(O)c(O)c56)c(O)c(O)c34)c(O)c(O)c2c1O. The van der Waals surface area contributed by atoms with E-state index < -0.39 is 248 Å². The first-order chi connectivity index (χ1) is 33.5. The van der Waals surface area contributed by atoms with Gasteiger partial charge in [-0.05, 0) is 0 Å². The van der Waals surface area contributed by atoms with Crippen LogP contribution in [0.3, 0.4) is 0 Å². The summed E-state index contributed by atoms with van der Waals surface area (Å²) in [6, 6.07) is 0. The number of aromatic hydroxyl groups is 28. The molecule has 28 nitrogen and oxygen atoms in total. The molecule has 0 bridgehead atoms. The molecule has 9 aromatic rings. The van der Waals surface area contributed by atoms with E-state index in [2.05, 4.69) is 0 Å². The first-order valence-electron chi connectivity index (χ1n) is 19.3. The number of fused-ring (bicyclic) bond motifs is 5. The number of rotatable bonds is 3.